The maximum atomic E-state index is 13.0. The van der Waals surface area contributed by atoms with Crippen LogP contribution in [0.3, 0.4) is 0 Å². The number of rotatable bonds is 4. The van der Waals surface area contributed by atoms with Crippen molar-refractivity contribution in [3.63, 3.8) is 0 Å². The van der Waals surface area contributed by atoms with Crippen LogP contribution in [-0.4, -0.2) is 27.2 Å². The predicted octanol–water partition coefficient (Wildman–Crippen LogP) is 2.61. The van der Waals surface area contributed by atoms with Gasteiger partial charge in [0.2, 0.25) is 10.0 Å². The Balaban J connectivity index is 1.94. The second-order valence-electron chi connectivity index (χ2n) is 5.68. The van der Waals surface area contributed by atoms with E-state index in [0.717, 1.165) is 0 Å². The van der Waals surface area contributed by atoms with Crippen LogP contribution in [0.25, 0.3) is 0 Å². The quantitative estimate of drug-likeness (QED) is 0.919. The summed E-state index contributed by atoms with van der Waals surface area (Å²) < 4.78 is 45.0. The highest BCUT2D eigenvalue weighted by Crippen LogP contribution is 2.38. The van der Waals surface area contributed by atoms with Gasteiger partial charge < -0.3 is 9.84 Å². The van der Waals surface area contributed by atoms with E-state index in [4.69, 9.17) is 4.74 Å². The maximum absolute atomic E-state index is 13.0. The van der Waals surface area contributed by atoms with Crippen molar-refractivity contribution in [2.45, 2.75) is 18.3 Å². The molecule has 1 aliphatic heterocycles. The smallest absolute Gasteiger partial charge is 0.239 e. The summed E-state index contributed by atoms with van der Waals surface area (Å²) in [4.78, 5) is 0. The van der Waals surface area contributed by atoms with Crippen LogP contribution in [0.15, 0.2) is 42.5 Å². The monoisotopic (exact) mass is 351 g/mol. The molecule has 0 saturated heterocycles. The zero-order valence-electron chi connectivity index (χ0n) is 13.1. The molecule has 1 N–H and O–H groups in total. The van der Waals surface area contributed by atoms with E-state index in [2.05, 4.69) is 0 Å². The zero-order valence-corrected chi connectivity index (χ0v) is 14.0. The van der Waals surface area contributed by atoms with Crippen LogP contribution in [0.2, 0.25) is 0 Å². The minimum absolute atomic E-state index is 0.198. The van der Waals surface area contributed by atoms with Gasteiger partial charge in [0.1, 0.15) is 11.6 Å². The lowest BCUT2D eigenvalue weighted by Crippen LogP contribution is -2.37. The van der Waals surface area contributed by atoms with Crippen LogP contribution in [-0.2, 0) is 15.8 Å². The molecule has 7 heteroatoms. The molecular weight excluding hydrogens is 333 g/mol. The minimum Gasteiger partial charge on any atom is -0.497 e. The summed E-state index contributed by atoms with van der Waals surface area (Å²) in [5, 5.41) is 10.2. The molecule has 0 radical (unpaired) electrons. The van der Waals surface area contributed by atoms with Crippen LogP contribution in [0, 0.1) is 5.82 Å². The lowest BCUT2D eigenvalue weighted by molar-refractivity contribution is 0.166. The van der Waals surface area contributed by atoms with Crippen molar-refractivity contribution in [3.8, 4) is 5.75 Å². The highest BCUT2D eigenvalue weighted by Gasteiger charge is 2.31. The van der Waals surface area contributed by atoms with Gasteiger partial charge >= 0.3 is 0 Å². The number of hydrogen-bond acceptors (Lipinski definition) is 4. The van der Waals surface area contributed by atoms with Crippen molar-refractivity contribution >= 4 is 15.7 Å². The van der Waals surface area contributed by atoms with Gasteiger partial charge in [-0.2, -0.15) is 0 Å². The van der Waals surface area contributed by atoms with E-state index in [1.807, 2.05) is 0 Å². The van der Waals surface area contributed by atoms with Crippen LogP contribution in [0.5, 0.6) is 5.75 Å². The molecule has 2 aromatic carbocycles. The van der Waals surface area contributed by atoms with Gasteiger partial charge in [-0.1, -0.05) is 12.1 Å². The molecular formula is C17H18FNO4S. The van der Waals surface area contributed by atoms with Crippen LogP contribution < -0.4 is 9.04 Å². The van der Waals surface area contributed by atoms with Crippen molar-refractivity contribution in [2.75, 3.05) is 18.0 Å². The molecule has 24 heavy (non-hydrogen) atoms. The molecule has 0 aromatic heterocycles. The fraction of sp³-hybridized carbons (Fsp3) is 0.294. The fourth-order valence-electron chi connectivity index (χ4n) is 2.83. The Morgan fingerprint density at radius 2 is 1.96 bits per heavy atom. The summed E-state index contributed by atoms with van der Waals surface area (Å²) in [6, 6.07) is 10.4. The van der Waals surface area contributed by atoms with E-state index >= 15 is 0 Å². The standard InChI is InChI=1S/C17H18FNO4S/c1-23-14-6-7-16-15(10-14)17(20)8-9-19(16)24(21,22)11-12-2-4-13(18)5-3-12/h2-7,10,17,20H,8-9,11H2,1H3. The molecule has 0 saturated carbocycles. The average Bonchev–Trinajstić information content (AvgIpc) is 2.56. The number of anilines is 1. The number of aliphatic hydroxyl groups excluding tert-OH is 1. The first-order chi connectivity index (χ1) is 11.4. The zero-order chi connectivity index (χ0) is 17.3. The normalized spacial score (nSPS) is 17.5. The van der Waals surface area contributed by atoms with Gasteiger partial charge in [-0.15, -0.1) is 0 Å². The van der Waals surface area contributed by atoms with Crippen molar-refractivity contribution in [1.29, 1.82) is 0 Å². The van der Waals surface area contributed by atoms with Crippen molar-refractivity contribution < 1.29 is 22.7 Å². The first kappa shape index (κ1) is 16.7. The molecule has 0 fully saturated rings. The molecule has 1 unspecified atom stereocenters. The number of nitrogens with zero attached hydrogens (tertiary/aromatic N) is 1. The summed E-state index contributed by atoms with van der Waals surface area (Å²) in [5.41, 5.74) is 1.50. The van der Waals surface area contributed by atoms with Gasteiger partial charge in [0.05, 0.1) is 24.7 Å². The number of hydrogen-bond donors (Lipinski definition) is 1. The van der Waals surface area contributed by atoms with Gasteiger partial charge in [-0.3, -0.25) is 4.31 Å². The Morgan fingerprint density at radius 3 is 2.62 bits per heavy atom. The Morgan fingerprint density at radius 1 is 1.25 bits per heavy atom. The Bertz CT molecular complexity index is 836. The number of sulfonamides is 1. The first-order valence-electron chi connectivity index (χ1n) is 7.51. The second kappa shape index (κ2) is 6.41. The van der Waals surface area contributed by atoms with E-state index in [9.17, 15) is 17.9 Å². The van der Waals surface area contributed by atoms with E-state index < -0.39 is 21.9 Å². The van der Waals surface area contributed by atoms with E-state index in [1.165, 1.54) is 35.7 Å². The van der Waals surface area contributed by atoms with Gasteiger partial charge in [0.15, 0.2) is 0 Å². The van der Waals surface area contributed by atoms with Crippen LogP contribution in [0.1, 0.15) is 23.7 Å². The molecule has 1 atom stereocenters. The molecule has 128 valence electrons. The van der Waals surface area contributed by atoms with Crippen LogP contribution in [0.4, 0.5) is 10.1 Å². The third-order valence-electron chi connectivity index (χ3n) is 4.07. The van der Waals surface area contributed by atoms with Crippen LogP contribution >= 0.6 is 0 Å². The fourth-order valence-corrected chi connectivity index (χ4v) is 4.45. The lowest BCUT2D eigenvalue weighted by atomic mass is 10.0. The van der Waals surface area contributed by atoms with Crippen molar-refractivity contribution in [1.82, 2.24) is 0 Å². The van der Waals surface area contributed by atoms with E-state index in [-0.39, 0.29) is 12.3 Å². The van der Waals surface area contributed by atoms with Gasteiger partial charge in [-0.25, -0.2) is 12.8 Å². The maximum Gasteiger partial charge on any atom is 0.239 e. The SMILES string of the molecule is COc1ccc2c(c1)C(O)CCN2S(=O)(=O)Cc1ccc(F)cc1. The number of benzene rings is 2. The minimum atomic E-state index is -3.65. The van der Waals surface area contributed by atoms with Gasteiger partial charge in [-0.05, 0) is 42.3 Å². The highest BCUT2D eigenvalue weighted by atomic mass is 32.2. The molecule has 1 aliphatic rings. The number of methoxy groups -OCH3 is 1. The number of ether oxygens (including phenoxy) is 1. The Labute approximate surface area is 140 Å². The first-order valence-corrected chi connectivity index (χ1v) is 9.12. The molecule has 0 aliphatic carbocycles. The Kier molecular flexibility index (Phi) is 4.47. The summed E-state index contributed by atoms with van der Waals surface area (Å²) in [7, 11) is -2.13. The molecule has 2 aromatic rings. The number of halogens is 1. The van der Waals surface area contributed by atoms with E-state index in [0.29, 0.717) is 29.0 Å². The summed E-state index contributed by atoms with van der Waals surface area (Å²) >= 11 is 0. The molecule has 1 heterocycles. The molecule has 0 spiro atoms. The third kappa shape index (κ3) is 3.22. The van der Waals surface area contributed by atoms with Crippen molar-refractivity contribution in [3.05, 3.63) is 59.4 Å². The molecule has 3 rings (SSSR count). The highest BCUT2D eigenvalue weighted by molar-refractivity contribution is 7.92. The second-order valence-corrected chi connectivity index (χ2v) is 7.58. The van der Waals surface area contributed by atoms with Crippen molar-refractivity contribution in [2.24, 2.45) is 0 Å². The van der Waals surface area contributed by atoms with E-state index in [1.54, 1.807) is 18.2 Å². The Hall–Kier alpha value is -2.12. The summed E-state index contributed by atoms with van der Waals surface area (Å²) in [6.07, 6.45) is -0.421. The van der Waals surface area contributed by atoms with Gasteiger partial charge in [0, 0.05) is 12.1 Å². The summed E-state index contributed by atoms with van der Waals surface area (Å²) in [6.45, 7) is 0.198. The lowest BCUT2D eigenvalue weighted by Gasteiger charge is -2.33. The average molecular weight is 351 g/mol. The van der Waals surface area contributed by atoms with Gasteiger partial charge in [0.25, 0.3) is 0 Å². The molecule has 0 bridgehead atoms. The molecule has 5 nitrogen and oxygen atoms in total. The topological polar surface area (TPSA) is 66.8 Å². The number of aliphatic hydroxyl groups is 1. The predicted molar refractivity (Wildman–Crippen MR) is 88.9 cm³/mol. The summed E-state index contributed by atoms with van der Waals surface area (Å²) in [5.74, 6) is -0.0743. The number of fused-ring (bicyclic) bond motifs is 1. The largest absolute Gasteiger partial charge is 0.497 e. The molecule has 0 amide bonds. The third-order valence-corrected chi connectivity index (χ3v) is 5.82.